The van der Waals surface area contributed by atoms with E-state index in [0.717, 1.165) is 99.6 Å². The van der Waals surface area contributed by atoms with E-state index in [-0.39, 0.29) is 30.3 Å². The molecule has 4 N–H and O–H groups in total. The van der Waals surface area contributed by atoms with Gasteiger partial charge < -0.3 is 25.5 Å². The molecule has 0 radical (unpaired) electrons. The second-order valence-corrected chi connectivity index (χ2v) is 16.3. The number of anilines is 4. The fourth-order valence-corrected chi connectivity index (χ4v) is 9.05. The van der Waals surface area contributed by atoms with Gasteiger partial charge in [-0.2, -0.15) is 4.98 Å². The molecule has 2 atom stereocenters. The van der Waals surface area contributed by atoms with Gasteiger partial charge in [0, 0.05) is 80.1 Å². The number of benzene rings is 2. The number of piperazine rings is 1. The van der Waals surface area contributed by atoms with E-state index in [1.807, 2.05) is 56.3 Å². The van der Waals surface area contributed by atoms with Gasteiger partial charge in [-0.1, -0.05) is 44.9 Å². The van der Waals surface area contributed by atoms with Crippen LogP contribution in [0.4, 0.5) is 23.0 Å². The predicted molar refractivity (Wildman–Crippen MR) is 244 cm³/mol. The molecule has 5 aromatic rings. The Hall–Kier alpha value is -6.39. The number of amides is 3. The summed E-state index contributed by atoms with van der Waals surface area (Å²) in [4.78, 5) is 71.1. The fraction of sp³-hybridized carbons (Fsp3) is 0.426. The Morgan fingerprint density at radius 2 is 1.70 bits per heavy atom. The third kappa shape index (κ3) is 9.09. The molecular formula is C47H57N11O5. The van der Waals surface area contributed by atoms with Gasteiger partial charge in [-0.3, -0.25) is 29.4 Å². The fourth-order valence-electron chi connectivity index (χ4n) is 9.05. The molecule has 0 bridgehead atoms. The number of nitrogens with one attached hydrogen (secondary N) is 3. The Balaban J connectivity index is 0.00000268. The second-order valence-electron chi connectivity index (χ2n) is 16.3. The van der Waals surface area contributed by atoms with Gasteiger partial charge in [-0.25, -0.2) is 19.3 Å². The molecule has 63 heavy (non-hydrogen) atoms. The van der Waals surface area contributed by atoms with Crippen molar-refractivity contribution in [2.75, 3.05) is 54.8 Å². The zero-order valence-corrected chi connectivity index (χ0v) is 36.2. The van der Waals surface area contributed by atoms with Gasteiger partial charge in [0.05, 0.1) is 18.3 Å². The van der Waals surface area contributed by atoms with Crippen LogP contribution in [0.5, 0.6) is 0 Å². The zero-order chi connectivity index (χ0) is 44.0. The molecule has 9 rings (SSSR count). The van der Waals surface area contributed by atoms with Gasteiger partial charge in [0.25, 0.3) is 11.5 Å². The Morgan fingerprint density at radius 3 is 2.48 bits per heavy atom. The van der Waals surface area contributed by atoms with Gasteiger partial charge in [0.1, 0.15) is 11.4 Å². The van der Waals surface area contributed by atoms with Crippen molar-refractivity contribution in [1.29, 1.82) is 0 Å². The number of aryl methyl sites for hydroxylation is 1. The van der Waals surface area contributed by atoms with Crippen molar-refractivity contribution >= 4 is 51.8 Å². The van der Waals surface area contributed by atoms with Gasteiger partial charge >= 0.3 is 0 Å². The Bertz CT molecular complexity index is 2540. The number of rotatable bonds is 15. The van der Waals surface area contributed by atoms with E-state index in [4.69, 9.17) is 9.97 Å². The minimum Gasteiger partial charge on any atom is -0.387 e. The van der Waals surface area contributed by atoms with Crippen molar-refractivity contribution < 1.29 is 19.5 Å². The van der Waals surface area contributed by atoms with Crippen LogP contribution in [-0.2, 0) is 29.1 Å². The summed E-state index contributed by atoms with van der Waals surface area (Å²) in [5.41, 5.74) is 6.30. The first kappa shape index (κ1) is 43.3. The molecule has 3 aliphatic heterocycles. The van der Waals surface area contributed by atoms with E-state index in [2.05, 4.69) is 49.4 Å². The van der Waals surface area contributed by atoms with Crippen molar-refractivity contribution in [3.05, 3.63) is 106 Å². The SMILES string of the molecule is C=CCn1c(=O)c2cnc(Nc3ccc(N4CCN(CCCCCCNc5cccc6c5CN(C5CCC(=O)NC5=O)C6=O)CC4)cc3)nc2n1-c1ccc2c(n1)C(O)CC2.CC. The van der Waals surface area contributed by atoms with E-state index >= 15 is 0 Å². The third-order valence-corrected chi connectivity index (χ3v) is 12.4. The molecule has 3 aromatic heterocycles. The normalized spacial score (nSPS) is 18.5. The highest BCUT2D eigenvalue weighted by Gasteiger charge is 2.40. The Morgan fingerprint density at radius 1 is 0.905 bits per heavy atom. The monoisotopic (exact) mass is 855 g/mol. The number of carbonyl (C=O) groups is 3. The predicted octanol–water partition coefficient (Wildman–Crippen LogP) is 5.47. The first-order valence-corrected chi connectivity index (χ1v) is 22.4. The van der Waals surface area contributed by atoms with Crippen LogP contribution < -0.4 is 26.4 Å². The third-order valence-electron chi connectivity index (χ3n) is 12.4. The average molecular weight is 856 g/mol. The molecule has 16 nitrogen and oxygen atoms in total. The van der Waals surface area contributed by atoms with Crippen LogP contribution in [-0.4, -0.2) is 102 Å². The number of hydrogen-bond acceptors (Lipinski definition) is 12. The smallest absolute Gasteiger partial charge is 0.278 e. The maximum Gasteiger partial charge on any atom is 0.278 e. The number of unbranched alkanes of at least 4 members (excludes halogenated alkanes) is 3. The summed E-state index contributed by atoms with van der Waals surface area (Å²) >= 11 is 0. The van der Waals surface area contributed by atoms with Crippen molar-refractivity contribution in [2.24, 2.45) is 0 Å². The number of pyridine rings is 1. The van der Waals surface area contributed by atoms with Crippen LogP contribution >= 0.6 is 0 Å². The molecule has 2 aromatic carbocycles. The number of fused-ring (bicyclic) bond motifs is 3. The molecule has 4 aliphatic rings. The standard InChI is InChI=1S/C45H51N11O5.C2H6/c1-2-21-55-44(61)33-27-47-45(51-41(33)56(55)38-18-11-29-10-17-37(57)40(29)49-38)48-30-12-14-31(15-13-30)53-25-23-52(24-26-53)22-6-4-3-5-20-46-35-9-7-8-32-34(35)28-54(43(32)60)36-16-19-39(58)50-42(36)59;1-2/h2,7-9,11-15,18,27,36-37,46,57H,1,3-6,10,16-17,19-26,28H2,(H,47,48,51)(H,50,58,59);1-2H3. The number of aliphatic hydroxyl groups is 1. The molecule has 2 unspecified atom stereocenters. The summed E-state index contributed by atoms with van der Waals surface area (Å²) in [6.45, 7) is 14.3. The van der Waals surface area contributed by atoms with Crippen LogP contribution in [0.25, 0.3) is 16.9 Å². The molecule has 2 fully saturated rings. The topological polar surface area (TPSA) is 183 Å². The van der Waals surface area contributed by atoms with Crippen LogP contribution in [0.2, 0.25) is 0 Å². The second kappa shape index (κ2) is 19.3. The average Bonchev–Trinajstić information content (AvgIpc) is 3.94. The van der Waals surface area contributed by atoms with Crippen LogP contribution in [0.1, 0.15) is 92.1 Å². The lowest BCUT2D eigenvalue weighted by Gasteiger charge is -2.36. The molecule has 330 valence electrons. The molecule has 16 heteroatoms. The minimum atomic E-state index is -0.628. The molecule has 0 spiro atoms. The number of aromatic nitrogens is 5. The lowest BCUT2D eigenvalue weighted by Crippen LogP contribution is -2.52. The Labute approximate surface area is 367 Å². The van der Waals surface area contributed by atoms with Crippen molar-refractivity contribution in [1.82, 2.24) is 39.4 Å². The van der Waals surface area contributed by atoms with Crippen LogP contribution in [0.3, 0.4) is 0 Å². The highest BCUT2D eigenvalue weighted by molar-refractivity contribution is 6.06. The summed E-state index contributed by atoms with van der Waals surface area (Å²) in [6.07, 6.45) is 9.00. The molecule has 3 amide bonds. The zero-order valence-electron chi connectivity index (χ0n) is 36.2. The number of aliphatic hydroxyl groups excluding tert-OH is 1. The van der Waals surface area contributed by atoms with E-state index in [1.54, 1.807) is 21.9 Å². The number of allylic oxidation sites excluding steroid dienone is 1. The summed E-state index contributed by atoms with van der Waals surface area (Å²) in [5.74, 6) is 0.0287. The van der Waals surface area contributed by atoms with Crippen LogP contribution in [0, 0.1) is 0 Å². The van der Waals surface area contributed by atoms with E-state index < -0.39 is 18.1 Å². The number of imide groups is 1. The minimum absolute atomic E-state index is 0.153. The number of carbonyl (C=O) groups excluding carboxylic acids is 3. The molecular weight excluding hydrogens is 799 g/mol. The number of hydrogen-bond donors (Lipinski definition) is 4. The van der Waals surface area contributed by atoms with Crippen molar-refractivity contribution in [2.45, 2.75) is 90.4 Å². The van der Waals surface area contributed by atoms with E-state index in [0.29, 0.717) is 53.4 Å². The highest BCUT2D eigenvalue weighted by atomic mass is 16.3. The lowest BCUT2D eigenvalue weighted by molar-refractivity contribution is -0.136. The van der Waals surface area contributed by atoms with Crippen molar-refractivity contribution in [3.8, 4) is 5.82 Å². The van der Waals surface area contributed by atoms with Gasteiger partial charge in [0.2, 0.25) is 17.8 Å². The molecule has 1 aliphatic carbocycles. The van der Waals surface area contributed by atoms with Crippen molar-refractivity contribution in [3.63, 3.8) is 0 Å². The first-order valence-electron chi connectivity index (χ1n) is 22.4. The summed E-state index contributed by atoms with van der Waals surface area (Å²) in [7, 11) is 0. The van der Waals surface area contributed by atoms with Gasteiger partial charge in [-0.15, -0.1) is 6.58 Å². The molecule has 2 saturated heterocycles. The number of piperidine rings is 1. The number of nitrogens with zero attached hydrogens (tertiary/aromatic N) is 8. The molecule has 0 saturated carbocycles. The summed E-state index contributed by atoms with van der Waals surface area (Å²) in [5, 5.41) is 20.1. The molecule has 6 heterocycles. The first-order chi connectivity index (χ1) is 30.7. The highest BCUT2D eigenvalue weighted by Crippen LogP contribution is 2.33. The van der Waals surface area contributed by atoms with E-state index in [1.165, 1.54) is 4.68 Å². The maximum atomic E-state index is 13.4. The summed E-state index contributed by atoms with van der Waals surface area (Å²) in [6, 6.07) is 17.1. The van der Waals surface area contributed by atoms with Gasteiger partial charge in [-0.05, 0) is 86.7 Å². The quantitative estimate of drug-likeness (QED) is 0.0593. The largest absolute Gasteiger partial charge is 0.387 e. The lowest BCUT2D eigenvalue weighted by atomic mass is 10.0. The Kier molecular flexibility index (Phi) is 13.3. The van der Waals surface area contributed by atoms with Gasteiger partial charge in [0.15, 0.2) is 11.5 Å². The van der Waals surface area contributed by atoms with E-state index in [9.17, 15) is 24.3 Å². The summed E-state index contributed by atoms with van der Waals surface area (Å²) < 4.78 is 3.22. The maximum absolute atomic E-state index is 13.4. The van der Waals surface area contributed by atoms with Crippen LogP contribution in [0.15, 0.2) is 78.2 Å².